The van der Waals surface area contributed by atoms with Gasteiger partial charge in [-0.3, -0.25) is 4.98 Å². The van der Waals surface area contributed by atoms with Crippen LogP contribution in [0.5, 0.6) is 0 Å². The molecule has 2 aromatic rings. The first-order valence-corrected chi connectivity index (χ1v) is 8.44. The molecular formula is C18H24N4O2. The van der Waals surface area contributed by atoms with Gasteiger partial charge in [-0.15, -0.1) is 0 Å². The van der Waals surface area contributed by atoms with Crippen LogP contribution in [-0.4, -0.2) is 53.2 Å². The Bertz CT molecular complexity index is 693. The van der Waals surface area contributed by atoms with E-state index in [2.05, 4.69) is 15.0 Å². The van der Waals surface area contributed by atoms with Crippen molar-refractivity contribution in [2.45, 2.75) is 25.4 Å². The lowest BCUT2D eigenvalue weighted by Gasteiger charge is -2.27. The summed E-state index contributed by atoms with van der Waals surface area (Å²) in [6.07, 6.45) is 4.81. The zero-order valence-electron chi connectivity index (χ0n) is 13.8. The molecule has 3 N–H and O–H groups in total. The topological polar surface area (TPSA) is 84.0 Å². The van der Waals surface area contributed by atoms with Crippen LogP contribution >= 0.6 is 0 Å². The van der Waals surface area contributed by atoms with Crippen molar-refractivity contribution in [3.8, 4) is 0 Å². The van der Waals surface area contributed by atoms with Crippen molar-refractivity contribution in [3.63, 3.8) is 0 Å². The Hall–Kier alpha value is -2.18. The van der Waals surface area contributed by atoms with E-state index in [1.807, 2.05) is 30.3 Å². The van der Waals surface area contributed by atoms with Crippen LogP contribution in [0.25, 0.3) is 10.8 Å². The number of fused-ring (bicyclic) bond motifs is 1. The molecule has 0 spiro atoms. The van der Waals surface area contributed by atoms with E-state index in [1.165, 1.54) is 19.3 Å². The summed E-state index contributed by atoms with van der Waals surface area (Å²) in [5.41, 5.74) is 6.60. The van der Waals surface area contributed by atoms with Gasteiger partial charge >= 0.3 is 0 Å². The van der Waals surface area contributed by atoms with E-state index in [1.54, 1.807) is 6.20 Å². The number of benzene rings is 1. The molecule has 1 saturated heterocycles. The van der Waals surface area contributed by atoms with E-state index in [0.717, 1.165) is 23.9 Å². The van der Waals surface area contributed by atoms with Crippen LogP contribution in [-0.2, 0) is 4.84 Å². The van der Waals surface area contributed by atoms with Crippen molar-refractivity contribution in [1.29, 1.82) is 0 Å². The Morgan fingerprint density at radius 3 is 2.88 bits per heavy atom. The summed E-state index contributed by atoms with van der Waals surface area (Å²) in [5, 5.41) is 16.0. The monoisotopic (exact) mass is 328 g/mol. The van der Waals surface area contributed by atoms with Gasteiger partial charge in [-0.2, -0.15) is 0 Å². The van der Waals surface area contributed by atoms with Gasteiger partial charge in [0.2, 0.25) is 0 Å². The summed E-state index contributed by atoms with van der Waals surface area (Å²) < 4.78 is 0. The first-order valence-electron chi connectivity index (χ1n) is 8.44. The summed E-state index contributed by atoms with van der Waals surface area (Å²) in [4.78, 5) is 11.8. The van der Waals surface area contributed by atoms with Gasteiger partial charge in [0, 0.05) is 18.1 Å². The minimum absolute atomic E-state index is 0.127. The number of rotatable bonds is 6. The van der Waals surface area contributed by atoms with Gasteiger partial charge in [-0.1, -0.05) is 35.8 Å². The Morgan fingerprint density at radius 1 is 1.25 bits per heavy atom. The highest BCUT2D eigenvalue weighted by Gasteiger charge is 2.15. The number of β-amino-alcohol motifs (C(OH)–C–C–N with tert-alkyl or cyclic N) is 1. The molecule has 1 aromatic carbocycles. The van der Waals surface area contributed by atoms with E-state index in [-0.39, 0.29) is 12.4 Å². The van der Waals surface area contributed by atoms with Crippen LogP contribution in [0.3, 0.4) is 0 Å². The molecule has 0 bridgehead atoms. The summed E-state index contributed by atoms with van der Waals surface area (Å²) >= 11 is 0. The quantitative estimate of drug-likeness (QED) is 0.479. The largest absolute Gasteiger partial charge is 0.391 e. The molecule has 0 radical (unpaired) electrons. The van der Waals surface area contributed by atoms with E-state index in [9.17, 15) is 5.11 Å². The number of aliphatic hydroxyl groups is 1. The number of nitrogens with zero attached hydrogens (tertiary/aromatic N) is 3. The fourth-order valence-electron chi connectivity index (χ4n) is 3.05. The van der Waals surface area contributed by atoms with Crippen molar-refractivity contribution >= 4 is 16.6 Å². The minimum atomic E-state index is -0.569. The molecule has 1 atom stereocenters. The summed E-state index contributed by atoms with van der Waals surface area (Å²) in [6, 6.07) is 9.77. The average Bonchev–Trinajstić information content (AvgIpc) is 2.62. The number of hydrogen-bond acceptors (Lipinski definition) is 5. The summed E-state index contributed by atoms with van der Waals surface area (Å²) in [7, 11) is 0. The Morgan fingerprint density at radius 2 is 2.04 bits per heavy atom. The SMILES string of the molecule is N/C(=N/OCC(O)CN1CCCCC1)c1nccc2ccccc12. The van der Waals surface area contributed by atoms with Crippen LogP contribution in [0.15, 0.2) is 41.7 Å². The molecule has 6 nitrogen and oxygen atoms in total. The maximum Gasteiger partial charge on any atom is 0.189 e. The highest BCUT2D eigenvalue weighted by atomic mass is 16.6. The predicted molar refractivity (Wildman–Crippen MR) is 94.7 cm³/mol. The first kappa shape index (κ1) is 16.7. The van der Waals surface area contributed by atoms with Gasteiger partial charge in [-0.05, 0) is 37.4 Å². The van der Waals surface area contributed by atoms with Crippen molar-refractivity contribution in [3.05, 3.63) is 42.2 Å². The number of amidine groups is 1. The zero-order valence-corrected chi connectivity index (χ0v) is 13.8. The number of aliphatic hydroxyl groups excluding tert-OH is 1. The number of nitrogens with two attached hydrogens (primary N) is 1. The third-order valence-electron chi connectivity index (χ3n) is 4.26. The molecule has 0 saturated carbocycles. The maximum absolute atomic E-state index is 10.1. The Kier molecular flexibility index (Phi) is 5.61. The normalized spacial score (nSPS) is 17.8. The van der Waals surface area contributed by atoms with Crippen LogP contribution in [0.2, 0.25) is 0 Å². The second-order valence-electron chi connectivity index (χ2n) is 6.17. The van der Waals surface area contributed by atoms with Gasteiger partial charge < -0.3 is 20.6 Å². The lowest BCUT2D eigenvalue weighted by Crippen LogP contribution is -2.38. The standard InChI is InChI=1S/C18H24N4O2/c19-18(17-16-7-3-2-6-14(16)8-9-20-17)21-24-13-15(23)12-22-10-4-1-5-11-22/h2-3,6-9,15,23H,1,4-5,10-13H2,(H2,19,21). The van der Waals surface area contributed by atoms with Crippen molar-refractivity contribution in [2.24, 2.45) is 10.9 Å². The molecule has 1 fully saturated rings. The second kappa shape index (κ2) is 8.08. The highest BCUT2D eigenvalue weighted by molar-refractivity contribution is 6.06. The molecule has 0 amide bonds. The first-order chi connectivity index (χ1) is 11.7. The number of aromatic nitrogens is 1. The van der Waals surface area contributed by atoms with E-state index in [0.29, 0.717) is 12.2 Å². The van der Waals surface area contributed by atoms with E-state index < -0.39 is 6.10 Å². The van der Waals surface area contributed by atoms with Crippen molar-refractivity contribution in [2.75, 3.05) is 26.2 Å². The smallest absolute Gasteiger partial charge is 0.189 e. The number of oxime groups is 1. The highest BCUT2D eigenvalue weighted by Crippen LogP contribution is 2.16. The lowest BCUT2D eigenvalue weighted by atomic mass is 10.1. The minimum Gasteiger partial charge on any atom is -0.391 e. The van der Waals surface area contributed by atoms with Crippen LogP contribution in [0.1, 0.15) is 25.0 Å². The van der Waals surface area contributed by atoms with Crippen molar-refractivity contribution < 1.29 is 9.94 Å². The van der Waals surface area contributed by atoms with Crippen LogP contribution in [0.4, 0.5) is 0 Å². The third-order valence-corrected chi connectivity index (χ3v) is 4.26. The lowest BCUT2D eigenvalue weighted by molar-refractivity contribution is 0.0157. The predicted octanol–water partition coefficient (Wildman–Crippen LogP) is 1.72. The molecule has 128 valence electrons. The summed E-state index contributed by atoms with van der Waals surface area (Å²) in [5.74, 6) is 0.219. The Balaban J connectivity index is 1.57. The van der Waals surface area contributed by atoms with Gasteiger partial charge in [0.05, 0.1) is 0 Å². The molecule has 1 aromatic heterocycles. The molecule has 2 heterocycles. The van der Waals surface area contributed by atoms with Gasteiger partial charge in [0.15, 0.2) is 5.84 Å². The zero-order chi connectivity index (χ0) is 16.8. The van der Waals surface area contributed by atoms with Gasteiger partial charge in [-0.25, -0.2) is 0 Å². The number of likely N-dealkylation sites (tertiary alicyclic amines) is 1. The fourth-order valence-corrected chi connectivity index (χ4v) is 3.05. The van der Waals surface area contributed by atoms with E-state index >= 15 is 0 Å². The van der Waals surface area contributed by atoms with Gasteiger partial charge in [0.25, 0.3) is 0 Å². The number of pyridine rings is 1. The maximum atomic E-state index is 10.1. The molecule has 0 aliphatic carbocycles. The van der Waals surface area contributed by atoms with Crippen LogP contribution in [0, 0.1) is 0 Å². The molecule has 1 aliphatic rings. The Labute approximate surface area is 141 Å². The third kappa shape index (κ3) is 4.21. The van der Waals surface area contributed by atoms with Crippen LogP contribution < -0.4 is 5.73 Å². The summed E-state index contributed by atoms with van der Waals surface area (Å²) in [6.45, 7) is 2.83. The van der Waals surface area contributed by atoms with E-state index in [4.69, 9.17) is 10.6 Å². The molecule has 1 aliphatic heterocycles. The fraction of sp³-hybridized carbons (Fsp3) is 0.444. The molecule has 3 rings (SSSR count). The number of hydrogen-bond donors (Lipinski definition) is 2. The molecule has 1 unspecified atom stereocenters. The average molecular weight is 328 g/mol. The molecular weight excluding hydrogens is 304 g/mol. The van der Waals surface area contributed by atoms with Crippen molar-refractivity contribution in [1.82, 2.24) is 9.88 Å². The second-order valence-corrected chi connectivity index (χ2v) is 6.17. The number of piperidine rings is 1. The molecule has 6 heteroatoms. The molecule has 24 heavy (non-hydrogen) atoms. The van der Waals surface area contributed by atoms with Gasteiger partial charge in [0.1, 0.15) is 18.4 Å².